The van der Waals surface area contributed by atoms with Gasteiger partial charge in [-0.05, 0) is 17.7 Å². The van der Waals surface area contributed by atoms with E-state index in [1.165, 1.54) is 6.07 Å². The summed E-state index contributed by atoms with van der Waals surface area (Å²) in [7, 11) is 0. The third-order valence-corrected chi connectivity index (χ3v) is 2.25. The van der Waals surface area contributed by atoms with Gasteiger partial charge in [0.2, 0.25) is 0 Å². The lowest BCUT2D eigenvalue weighted by Crippen LogP contribution is -2.16. The number of alkyl halides is 6. The molecule has 0 spiro atoms. The lowest BCUT2D eigenvalue weighted by Gasteiger charge is -2.14. The molecule has 0 heterocycles. The standard InChI is InChI=1S/C10H4F6N2O2/c11-9(12,13)6-3-5(1-2-17)4-7(10(14,15)16)8(6)18(19)20/h3-4H,1H2. The zero-order chi connectivity index (χ0) is 15.7. The predicted molar refractivity (Wildman–Crippen MR) is 52.4 cm³/mol. The Hall–Kier alpha value is -2.31. The first-order chi connectivity index (χ1) is 8.98. The van der Waals surface area contributed by atoms with Crippen molar-refractivity contribution < 1.29 is 31.3 Å². The van der Waals surface area contributed by atoms with Crippen LogP contribution in [0.3, 0.4) is 0 Å². The van der Waals surface area contributed by atoms with Crippen molar-refractivity contribution in [2.75, 3.05) is 0 Å². The Labute approximate surface area is 107 Å². The largest absolute Gasteiger partial charge is 0.423 e. The van der Waals surface area contributed by atoms with Gasteiger partial charge in [-0.2, -0.15) is 31.6 Å². The van der Waals surface area contributed by atoms with Crippen molar-refractivity contribution in [1.29, 1.82) is 5.26 Å². The fourth-order valence-corrected chi connectivity index (χ4v) is 1.52. The molecule has 0 saturated carbocycles. The molecule has 0 bridgehead atoms. The van der Waals surface area contributed by atoms with Crippen molar-refractivity contribution in [3.63, 3.8) is 0 Å². The molecule has 20 heavy (non-hydrogen) atoms. The van der Waals surface area contributed by atoms with Crippen molar-refractivity contribution in [2.24, 2.45) is 0 Å². The van der Waals surface area contributed by atoms with Crippen LogP contribution in [0.15, 0.2) is 12.1 Å². The Bertz CT molecular complexity index is 550. The second kappa shape index (κ2) is 4.99. The fraction of sp³-hybridized carbons (Fsp3) is 0.300. The monoisotopic (exact) mass is 298 g/mol. The molecule has 0 atom stereocenters. The highest BCUT2D eigenvalue weighted by Crippen LogP contribution is 2.44. The van der Waals surface area contributed by atoms with Crippen molar-refractivity contribution in [2.45, 2.75) is 18.8 Å². The van der Waals surface area contributed by atoms with Crippen molar-refractivity contribution in [1.82, 2.24) is 0 Å². The average Bonchev–Trinajstić information content (AvgIpc) is 2.25. The van der Waals surface area contributed by atoms with Gasteiger partial charge >= 0.3 is 12.4 Å². The first kappa shape index (κ1) is 15.7. The molecule has 0 fully saturated rings. The second-order valence-electron chi connectivity index (χ2n) is 3.63. The van der Waals surface area contributed by atoms with Crippen LogP contribution in [0.1, 0.15) is 16.7 Å². The summed E-state index contributed by atoms with van der Waals surface area (Å²) in [5.74, 6) is 0. The zero-order valence-electron chi connectivity index (χ0n) is 9.34. The van der Waals surface area contributed by atoms with Gasteiger partial charge in [0.1, 0.15) is 11.1 Å². The summed E-state index contributed by atoms with van der Waals surface area (Å²) in [5.41, 5.74) is -6.71. The topological polar surface area (TPSA) is 66.9 Å². The van der Waals surface area contributed by atoms with Gasteiger partial charge < -0.3 is 0 Å². The molecule has 0 aliphatic heterocycles. The predicted octanol–water partition coefficient (Wildman–Crippen LogP) is 3.70. The fourth-order valence-electron chi connectivity index (χ4n) is 1.52. The SMILES string of the molecule is N#CCc1cc(C(F)(F)F)c([N+](=O)[O-])c(C(F)(F)F)c1. The van der Waals surface area contributed by atoms with Crippen LogP contribution in [0.25, 0.3) is 0 Å². The molecule has 10 heteroatoms. The number of nitrogens with zero attached hydrogens (tertiary/aromatic N) is 2. The van der Waals surface area contributed by atoms with Crippen LogP contribution in [-0.2, 0) is 18.8 Å². The second-order valence-corrected chi connectivity index (χ2v) is 3.63. The summed E-state index contributed by atoms with van der Waals surface area (Å²) in [5, 5.41) is 18.9. The van der Waals surface area contributed by atoms with Gasteiger partial charge in [0.05, 0.1) is 17.4 Å². The third kappa shape index (κ3) is 3.17. The third-order valence-electron chi connectivity index (χ3n) is 2.25. The van der Waals surface area contributed by atoms with E-state index in [1.807, 2.05) is 0 Å². The highest BCUT2D eigenvalue weighted by Gasteiger charge is 2.46. The number of nitro benzene ring substituents is 1. The highest BCUT2D eigenvalue weighted by atomic mass is 19.4. The maximum atomic E-state index is 12.6. The minimum Gasteiger partial charge on any atom is -0.258 e. The summed E-state index contributed by atoms with van der Waals surface area (Å²) in [6.07, 6.45) is -11.4. The van der Waals surface area contributed by atoms with E-state index in [2.05, 4.69) is 0 Å². The van der Waals surface area contributed by atoms with Gasteiger partial charge in [0.15, 0.2) is 0 Å². The van der Waals surface area contributed by atoms with Crippen LogP contribution in [0.5, 0.6) is 0 Å². The molecular weight excluding hydrogens is 294 g/mol. The molecule has 0 unspecified atom stereocenters. The van der Waals surface area contributed by atoms with Gasteiger partial charge in [-0.3, -0.25) is 10.1 Å². The van der Waals surface area contributed by atoms with Gasteiger partial charge in [0.25, 0.3) is 5.69 Å². The van der Waals surface area contributed by atoms with Crippen LogP contribution < -0.4 is 0 Å². The molecule has 4 nitrogen and oxygen atoms in total. The molecule has 0 aromatic heterocycles. The normalized spacial score (nSPS) is 12.1. The van der Waals surface area contributed by atoms with E-state index < -0.39 is 46.1 Å². The summed E-state index contributed by atoms with van der Waals surface area (Å²) in [6.45, 7) is 0. The number of benzene rings is 1. The number of rotatable bonds is 2. The van der Waals surface area contributed by atoms with Crippen molar-refractivity contribution in [3.05, 3.63) is 38.9 Å². The van der Waals surface area contributed by atoms with Crippen LogP contribution in [-0.4, -0.2) is 4.92 Å². The van der Waals surface area contributed by atoms with Crippen LogP contribution >= 0.6 is 0 Å². The van der Waals surface area contributed by atoms with Gasteiger partial charge in [0, 0.05) is 0 Å². The number of hydrogen-bond acceptors (Lipinski definition) is 3. The Morgan fingerprint density at radius 2 is 1.50 bits per heavy atom. The Kier molecular flexibility index (Phi) is 3.93. The summed E-state index contributed by atoms with van der Waals surface area (Å²) < 4.78 is 75.9. The highest BCUT2D eigenvalue weighted by molar-refractivity contribution is 5.53. The minimum absolute atomic E-state index is 0.177. The number of nitro groups is 1. The van der Waals surface area contributed by atoms with E-state index in [4.69, 9.17) is 5.26 Å². The lowest BCUT2D eigenvalue weighted by atomic mass is 10.00. The summed E-state index contributed by atoms with van der Waals surface area (Å²) >= 11 is 0. The summed E-state index contributed by atoms with van der Waals surface area (Å²) in [6, 6.07) is 1.74. The smallest absolute Gasteiger partial charge is 0.258 e. The number of halogens is 6. The molecule has 0 amide bonds. The first-order valence-electron chi connectivity index (χ1n) is 4.81. The molecule has 0 saturated heterocycles. The van der Waals surface area contributed by atoms with Crippen LogP contribution in [0.4, 0.5) is 32.0 Å². The first-order valence-corrected chi connectivity index (χ1v) is 4.81. The average molecular weight is 298 g/mol. The van der Waals surface area contributed by atoms with E-state index >= 15 is 0 Å². The molecule has 1 rings (SSSR count). The van der Waals surface area contributed by atoms with Crippen molar-refractivity contribution in [3.8, 4) is 6.07 Å². The number of hydrogen-bond donors (Lipinski definition) is 0. The number of nitriles is 1. The molecule has 0 aliphatic carbocycles. The Morgan fingerprint density at radius 3 is 1.75 bits per heavy atom. The van der Waals surface area contributed by atoms with Crippen LogP contribution in [0, 0.1) is 21.4 Å². The molecule has 0 aliphatic rings. The molecule has 1 aromatic carbocycles. The lowest BCUT2D eigenvalue weighted by molar-refractivity contribution is -0.391. The quantitative estimate of drug-likeness (QED) is 0.475. The van der Waals surface area contributed by atoms with Crippen LogP contribution in [0.2, 0.25) is 0 Å². The Balaban J connectivity index is 3.77. The molecule has 0 N–H and O–H groups in total. The van der Waals surface area contributed by atoms with Crippen molar-refractivity contribution >= 4 is 5.69 Å². The molecule has 0 radical (unpaired) electrons. The van der Waals surface area contributed by atoms with E-state index in [0.717, 1.165) is 0 Å². The molecular formula is C10H4F6N2O2. The van der Waals surface area contributed by atoms with E-state index in [0.29, 0.717) is 0 Å². The zero-order valence-corrected chi connectivity index (χ0v) is 9.34. The minimum atomic E-state index is -5.34. The summed E-state index contributed by atoms with van der Waals surface area (Å²) in [4.78, 5) is 8.81. The van der Waals surface area contributed by atoms with E-state index in [9.17, 15) is 36.5 Å². The maximum absolute atomic E-state index is 12.6. The van der Waals surface area contributed by atoms with E-state index in [1.54, 1.807) is 0 Å². The Morgan fingerprint density at radius 1 is 1.10 bits per heavy atom. The van der Waals surface area contributed by atoms with Gasteiger partial charge in [-0.15, -0.1) is 0 Å². The molecule has 1 aromatic rings. The van der Waals surface area contributed by atoms with Gasteiger partial charge in [-0.25, -0.2) is 0 Å². The van der Waals surface area contributed by atoms with E-state index in [-0.39, 0.29) is 12.1 Å². The maximum Gasteiger partial charge on any atom is 0.423 e. The molecule has 108 valence electrons. The van der Waals surface area contributed by atoms with Gasteiger partial charge in [-0.1, -0.05) is 0 Å².